The van der Waals surface area contributed by atoms with Crippen molar-refractivity contribution in [3.8, 4) is 0 Å². The van der Waals surface area contributed by atoms with Crippen molar-refractivity contribution in [3.05, 3.63) is 0 Å². The molecule has 0 saturated carbocycles. The summed E-state index contributed by atoms with van der Waals surface area (Å²) in [5, 5.41) is 20.8. The average Bonchev–Trinajstić information content (AvgIpc) is 2.63. The molecule has 0 atom stereocenters. The van der Waals surface area contributed by atoms with Crippen LogP contribution in [0.25, 0.3) is 0 Å². The Kier molecular flexibility index (Phi) is 25.7. The first-order valence-corrected chi connectivity index (χ1v) is 8.84. The van der Waals surface area contributed by atoms with Gasteiger partial charge in [-0.05, 0) is 0 Å². The van der Waals surface area contributed by atoms with Crippen LogP contribution in [-0.4, -0.2) is 73.6 Å². The van der Waals surface area contributed by atoms with Gasteiger partial charge in [-0.2, -0.15) is 26.3 Å². The van der Waals surface area contributed by atoms with Crippen molar-refractivity contribution in [2.24, 2.45) is 0 Å². The third-order valence-electron chi connectivity index (χ3n) is 2.88. The molecule has 0 aromatic rings. The summed E-state index contributed by atoms with van der Waals surface area (Å²) in [4.78, 5) is 59.8. The molecular formula is C16H24F6FeN2O9. The van der Waals surface area contributed by atoms with Gasteiger partial charge in [-0.25, -0.2) is 0 Å². The van der Waals surface area contributed by atoms with E-state index in [1.54, 1.807) is 24.7 Å². The van der Waals surface area contributed by atoms with Gasteiger partial charge in [0.2, 0.25) is 12.1 Å². The topological polar surface area (TPSA) is 199 Å². The van der Waals surface area contributed by atoms with Crippen LogP contribution in [0.1, 0.15) is 27.7 Å². The number of nitrogens with two attached hydrogens (primary N) is 2. The summed E-state index contributed by atoms with van der Waals surface area (Å²) in [6.07, 6.45) is -10.4. The second-order valence-corrected chi connectivity index (χ2v) is 5.64. The number of quaternary nitrogens is 2. The predicted molar refractivity (Wildman–Crippen MR) is 88.8 cm³/mol. The molecule has 0 aromatic heterocycles. The number of hydrogen-bond acceptors (Lipinski definition) is 9. The SMILES string of the molecule is C[NH2+]C(C(C)=O)C(C)=O.C[NH2+]C(C(C)=O)C(C)=O.O=C([O-])C(F)(F)F.O=C([O-])C(F)(F)F.[O]=[Fe]. The van der Waals surface area contributed by atoms with Crippen molar-refractivity contribution in [3.63, 3.8) is 0 Å². The van der Waals surface area contributed by atoms with Crippen molar-refractivity contribution in [1.29, 1.82) is 0 Å². The second-order valence-electron chi connectivity index (χ2n) is 5.64. The van der Waals surface area contributed by atoms with Crippen LogP contribution in [0.15, 0.2) is 0 Å². The van der Waals surface area contributed by atoms with Crippen molar-refractivity contribution < 1.29 is 95.7 Å². The van der Waals surface area contributed by atoms with Crippen LogP contribution in [0.3, 0.4) is 0 Å². The van der Waals surface area contributed by atoms with Gasteiger partial charge in [0, 0.05) is 27.7 Å². The molecule has 0 aliphatic rings. The van der Waals surface area contributed by atoms with Gasteiger partial charge in [-0.1, -0.05) is 0 Å². The minimum atomic E-state index is -5.19. The van der Waals surface area contributed by atoms with Crippen LogP contribution < -0.4 is 20.8 Å². The monoisotopic (exact) mass is 558 g/mol. The molecule has 0 aromatic carbocycles. The number of hydrogen-bond donors (Lipinski definition) is 2. The number of alkyl halides is 6. The summed E-state index contributed by atoms with van der Waals surface area (Å²) in [6, 6.07) is -0.963. The molecule has 0 aliphatic heterocycles. The Labute approximate surface area is 197 Å². The summed E-state index contributed by atoms with van der Waals surface area (Å²) in [5.41, 5.74) is 0. The third-order valence-corrected chi connectivity index (χ3v) is 2.88. The molecule has 11 nitrogen and oxygen atoms in total. The number of halogens is 6. The number of carbonyl (C=O) groups is 6. The van der Waals surface area contributed by atoms with E-state index in [0.29, 0.717) is 0 Å². The third kappa shape index (κ3) is 27.5. The molecule has 0 rings (SSSR count). The van der Waals surface area contributed by atoms with E-state index in [9.17, 15) is 45.5 Å². The predicted octanol–water partition coefficient (Wildman–Crippen LogP) is -4.07. The van der Waals surface area contributed by atoms with E-state index in [-0.39, 0.29) is 23.1 Å². The van der Waals surface area contributed by atoms with Crippen molar-refractivity contribution in [2.45, 2.75) is 52.1 Å². The first-order chi connectivity index (χ1) is 15.1. The Bertz CT molecular complexity index is 601. The fourth-order valence-electron chi connectivity index (χ4n) is 1.51. The van der Waals surface area contributed by atoms with Crippen LogP contribution in [0.5, 0.6) is 0 Å². The number of carboxylic acid groups (broad SMARTS) is 2. The maximum absolute atomic E-state index is 10.6. The minimum absolute atomic E-state index is 0.0787. The van der Waals surface area contributed by atoms with Gasteiger partial charge in [0.05, 0.1) is 14.1 Å². The van der Waals surface area contributed by atoms with Crippen molar-refractivity contribution >= 4 is 35.1 Å². The van der Waals surface area contributed by atoms with Crippen LogP contribution in [0, 0.1) is 0 Å². The Balaban J connectivity index is -0.000000108. The van der Waals surface area contributed by atoms with Gasteiger partial charge in [-0.3, -0.25) is 19.2 Å². The summed E-state index contributed by atoms with van der Waals surface area (Å²) >= 11 is 2.00. The van der Waals surface area contributed by atoms with Crippen molar-refractivity contribution in [2.75, 3.05) is 14.1 Å². The maximum atomic E-state index is 10.6. The van der Waals surface area contributed by atoms with Gasteiger partial charge >= 0.3 is 32.1 Å². The quantitative estimate of drug-likeness (QED) is 0.185. The molecule has 0 heterocycles. The van der Waals surface area contributed by atoms with E-state index >= 15 is 0 Å². The number of Topliss-reactive ketones (excluding diaryl/α,β-unsaturated/α-hetero) is 4. The van der Waals surface area contributed by atoms with E-state index in [1.165, 1.54) is 27.7 Å². The molecule has 0 saturated heterocycles. The Morgan fingerprint density at radius 3 is 0.706 bits per heavy atom. The molecular weight excluding hydrogens is 534 g/mol. The number of ketones is 4. The summed E-state index contributed by atoms with van der Waals surface area (Å²) in [7, 11) is 3.43. The Morgan fingerprint density at radius 2 is 0.706 bits per heavy atom. The fourth-order valence-corrected chi connectivity index (χ4v) is 1.51. The zero-order chi connectivity index (χ0) is 29.0. The molecule has 0 amide bonds. The molecule has 0 aliphatic carbocycles. The van der Waals surface area contributed by atoms with Crippen molar-refractivity contribution in [1.82, 2.24) is 0 Å². The molecule has 18 heteroatoms. The van der Waals surface area contributed by atoms with Gasteiger partial charge in [0.1, 0.15) is 11.9 Å². The van der Waals surface area contributed by atoms with Gasteiger partial charge < -0.3 is 30.4 Å². The van der Waals surface area contributed by atoms with E-state index in [2.05, 4.69) is 0 Å². The molecule has 0 fully saturated rings. The number of carbonyl (C=O) groups excluding carboxylic acids is 6. The average molecular weight is 558 g/mol. The normalized spacial score (nSPS) is 9.97. The Hall–Kier alpha value is -2.56. The van der Waals surface area contributed by atoms with E-state index < -0.39 is 36.4 Å². The summed E-state index contributed by atoms with van der Waals surface area (Å²) in [5.74, 6) is -6.33. The van der Waals surface area contributed by atoms with E-state index in [1.807, 2.05) is 15.9 Å². The molecule has 0 bridgehead atoms. The van der Waals surface area contributed by atoms with Gasteiger partial charge in [0.25, 0.3) is 0 Å². The first-order valence-electron chi connectivity index (χ1n) is 8.39. The number of aliphatic carboxylic acids is 2. The number of carboxylic acids is 2. The summed E-state index contributed by atoms with van der Waals surface area (Å²) < 4.78 is 71.1. The number of likely N-dealkylation sites (N-methyl/N-ethyl adjacent to an activating group) is 2. The zero-order valence-electron chi connectivity index (χ0n) is 18.6. The van der Waals surface area contributed by atoms with E-state index in [0.717, 1.165) is 0 Å². The molecule has 202 valence electrons. The Morgan fingerprint density at radius 1 is 0.588 bits per heavy atom. The first kappa shape index (κ1) is 41.7. The van der Waals surface area contributed by atoms with Gasteiger partial charge in [0.15, 0.2) is 23.1 Å². The number of rotatable bonds is 6. The van der Waals surface area contributed by atoms with Crippen LogP contribution in [0.4, 0.5) is 26.3 Å². The van der Waals surface area contributed by atoms with Crippen LogP contribution in [-0.2, 0) is 48.5 Å². The summed E-state index contributed by atoms with van der Waals surface area (Å²) in [6.45, 7) is 5.69. The van der Waals surface area contributed by atoms with E-state index in [4.69, 9.17) is 23.6 Å². The molecule has 34 heavy (non-hydrogen) atoms. The zero-order valence-corrected chi connectivity index (χ0v) is 19.7. The molecule has 0 unspecified atom stereocenters. The fraction of sp³-hybridized carbons (Fsp3) is 0.625. The molecule has 4 N–H and O–H groups in total. The van der Waals surface area contributed by atoms with Crippen LogP contribution in [0.2, 0.25) is 0 Å². The second kappa shape index (κ2) is 21.0. The van der Waals surface area contributed by atoms with Crippen LogP contribution >= 0.6 is 0 Å². The molecule has 0 radical (unpaired) electrons. The van der Waals surface area contributed by atoms with Gasteiger partial charge in [-0.15, -0.1) is 0 Å². The standard InChI is InChI=1S/2C6H11NO2.2C2HF3O2.Fe.O/c2*1-4(8)6(7-3)5(2)9;2*3-2(4,5)1(6)7;;/h2*6-7H,1-3H3;2*(H,6,7);;. The molecule has 0 spiro atoms.